The first-order chi connectivity index (χ1) is 15.1. The average molecular weight is 505 g/mol. The van der Waals surface area contributed by atoms with Crippen LogP contribution in [-0.2, 0) is 20.6 Å². The van der Waals surface area contributed by atoms with E-state index in [-0.39, 0.29) is 62.2 Å². The molecule has 0 atom stereocenters. The molecule has 1 aliphatic heterocycles. The average Bonchev–Trinajstić information content (AvgIpc) is 3.14. The number of hydrogen-bond acceptors (Lipinski definition) is 6. The van der Waals surface area contributed by atoms with Crippen molar-refractivity contribution in [2.75, 3.05) is 7.11 Å². The summed E-state index contributed by atoms with van der Waals surface area (Å²) < 4.78 is 75.8. The number of fused-ring (bicyclic) bond motifs is 3. The van der Waals surface area contributed by atoms with Crippen molar-refractivity contribution in [3.8, 4) is 22.7 Å². The normalized spacial score (nSPS) is 12.5. The van der Waals surface area contributed by atoms with Gasteiger partial charge in [-0.15, -0.1) is 11.8 Å². The summed E-state index contributed by atoms with van der Waals surface area (Å²) in [5.74, 6) is -1.29. The Morgan fingerprint density at radius 3 is 2.45 bits per heavy atom. The van der Waals surface area contributed by atoms with Gasteiger partial charge in [0.05, 0.1) is 34.2 Å². The molecule has 0 unspecified atom stereocenters. The first-order valence-corrected chi connectivity index (χ1v) is 11.5. The van der Waals surface area contributed by atoms with E-state index in [1.165, 1.54) is 42.1 Å². The fourth-order valence-electron chi connectivity index (χ4n) is 3.37. The molecule has 33 heavy (non-hydrogen) atoms. The number of carbonyl (C=O) groups is 1. The summed E-state index contributed by atoms with van der Waals surface area (Å²) in [6, 6.07) is 8.07. The van der Waals surface area contributed by atoms with Crippen LogP contribution >= 0.6 is 11.8 Å². The van der Waals surface area contributed by atoms with Gasteiger partial charge >= 0.3 is 29.6 Å². The third-order valence-corrected chi connectivity index (χ3v) is 7.24. The quantitative estimate of drug-likeness (QED) is 0.492. The molecule has 0 spiro atoms. The molecule has 7 nitrogen and oxygen atoms in total. The maximum Gasteiger partial charge on any atom is 1.00 e. The van der Waals surface area contributed by atoms with Gasteiger partial charge in [0.15, 0.2) is 11.6 Å². The molecule has 168 valence electrons. The summed E-state index contributed by atoms with van der Waals surface area (Å²) in [5, 5.41) is 4.04. The van der Waals surface area contributed by atoms with Crippen LogP contribution in [0.3, 0.4) is 0 Å². The van der Waals surface area contributed by atoms with Gasteiger partial charge < -0.3 is 14.3 Å². The maximum absolute atomic E-state index is 14.8. The Balaban J connectivity index is 0.00000306. The predicted octanol–water partition coefficient (Wildman–Crippen LogP) is 1.84. The number of aromatic nitrogens is 2. The van der Waals surface area contributed by atoms with E-state index in [2.05, 4.69) is 9.82 Å². The van der Waals surface area contributed by atoms with Gasteiger partial charge in [-0.1, -0.05) is 0 Å². The van der Waals surface area contributed by atoms with Crippen molar-refractivity contribution >= 4 is 27.7 Å². The third-order valence-electron chi connectivity index (χ3n) is 4.75. The molecule has 1 aliphatic rings. The number of hydrogen-bond donors (Lipinski definition) is 0. The number of carbonyl (C=O) groups excluding carboxylic acids is 1. The number of amides is 1. The van der Waals surface area contributed by atoms with Gasteiger partial charge in [-0.2, -0.15) is 5.10 Å². The van der Waals surface area contributed by atoms with Crippen molar-refractivity contribution in [2.24, 2.45) is 0 Å². The summed E-state index contributed by atoms with van der Waals surface area (Å²) in [5.41, 5.74) is 0.787. The van der Waals surface area contributed by atoms with Crippen molar-refractivity contribution in [2.45, 2.75) is 28.9 Å². The zero-order chi connectivity index (χ0) is 23.2. The Labute approximate surface area is 214 Å². The molecule has 2 aromatic carbocycles. The van der Waals surface area contributed by atoms with E-state index in [1.807, 2.05) is 0 Å². The van der Waals surface area contributed by atoms with E-state index in [0.29, 0.717) is 11.1 Å². The van der Waals surface area contributed by atoms with Crippen molar-refractivity contribution in [3.63, 3.8) is 0 Å². The number of halogens is 3. The Bertz CT molecular complexity index is 1330. The van der Waals surface area contributed by atoms with Crippen LogP contribution < -0.4 is 34.3 Å². The molecule has 0 aliphatic carbocycles. The fourth-order valence-corrected chi connectivity index (χ4v) is 5.48. The number of thioether (sulfide) groups is 1. The number of ether oxygens (including phenoxy) is 1. The predicted molar refractivity (Wildman–Crippen MR) is 111 cm³/mol. The summed E-state index contributed by atoms with van der Waals surface area (Å²) in [6.07, 6.45) is -2.86. The standard InChI is InChI=1S/C20H16F3N3O4S2.Na/c1-10(27)25-32(28,29)12-5-3-11(4-6-12)26-18-13-7-8-15(30-2)16(21)14(13)9-31-19(18)17(24-26)20(22)23;/h3-8,20H,9H2,1-2H3,(H,25,27);/q;+1/p-1. The Morgan fingerprint density at radius 2 is 1.88 bits per heavy atom. The zero-order valence-corrected chi connectivity index (χ0v) is 21.3. The summed E-state index contributed by atoms with van der Waals surface area (Å²) in [7, 11) is -2.86. The Kier molecular flexibility index (Phi) is 7.54. The molecule has 4 rings (SSSR count). The number of methoxy groups -OCH3 is 1. The molecular formula is C20H15F3N3NaO4S2. The van der Waals surface area contributed by atoms with Crippen molar-refractivity contribution in [3.05, 3.63) is 58.2 Å². The topological polar surface area (TPSA) is 92.4 Å². The first kappa shape index (κ1) is 25.6. The van der Waals surface area contributed by atoms with Gasteiger partial charge in [0.25, 0.3) is 6.43 Å². The second-order valence-electron chi connectivity index (χ2n) is 6.75. The molecule has 1 amide bonds. The molecule has 0 fully saturated rings. The van der Waals surface area contributed by atoms with Crippen LogP contribution in [0.15, 0.2) is 46.2 Å². The van der Waals surface area contributed by atoms with E-state index in [1.54, 1.807) is 6.07 Å². The van der Waals surface area contributed by atoms with E-state index in [9.17, 15) is 26.4 Å². The molecule has 0 N–H and O–H groups in total. The molecule has 0 saturated carbocycles. The monoisotopic (exact) mass is 505 g/mol. The molecule has 0 saturated heterocycles. The molecule has 13 heteroatoms. The van der Waals surface area contributed by atoms with E-state index in [0.717, 1.165) is 18.7 Å². The first-order valence-electron chi connectivity index (χ1n) is 9.12. The number of rotatable bonds is 5. The Morgan fingerprint density at radius 1 is 1.21 bits per heavy atom. The smallest absolute Gasteiger partial charge is 0.542 e. The van der Waals surface area contributed by atoms with Gasteiger partial charge in [0.1, 0.15) is 15.7 Å². The summed E-state index contributed by atoms with van der Waals surface area (Å²) >= 11 is 1.04. The molecule has 0 bridgehead atoms. The van der Waals surface area contributed by atoms with Crippen LogP contribution in [0.5, 0.6) is 5.75 Å². The SMILES string of the molecule is COc1ccc2c(c1F)CSc1c(C(F)F)nn(-c3ccc(S(=O)(=O)[N-]C(C)=O)cc3)c1-2.[Na+]. The molecular weight excluding hydrogens is 490 g/mol. The van der Waals surface area contributed by atoms with Gasteiger partial charge in [-0.3, -0.25) is 0 Å². The number of benzene rings is 2. The van der Waals surface area contributed by atoms with Crippen LogP contribution in [-0.4, -0.2) is 31.2 Å². The number of nitrogens with zero attached hydrogens (tertiary/aromatic N) is 3. The van der Waals surface area contributed by atoms with Crippen molar-refractivity contribution in [1.82, 2.24) is 9.78 Å². The molecule has 3 aromatic rings. The van der Waals surface area contributed by atoms with Crippen LogP contribution in [0, 0.1) is 5.82 Å². The van der Waals surface area contributed by atoms with Crippen molar-refractivity contribution in [1.29, 1.82) is 0 Å². The van der Waals surface area contributed by atoms with Crippen LogP contribution in [0.25, 0.3) is 21.7 Å². The molecule has 0 radical (unpaired) electrons. The van der Waals surface area contributed by atoms with Crippen LogP contribution in [0.2, 0.25) is 0 Å². The van der Waals surface area contributed by atoms with Crippen LogP contribution in [0.4, 0.5) is 13.2 Å². The second kappa shape index (κ2) is 9.71. The van der Waals surface area contributed by atoms with E-state index in [4.69, 9.17) is 4.74 Å². The minimum Gasteiger partial charge on any atom is -0.542 e. The van der Waals surface area contributed by atoms with Crippen LogP contribution in [0.1, 0.15) is 24.6 Å². The fraction of sp³-hybridized carbons (Fsp3) is 0.200. The minimum atomic E-state index is -4.19. The summed E-state index contributed by atoms with van der Waals surface area (Å²) in [6.45, 7) is 1.01. The minimum absolute atomic E-state index is 0. The number of alkyl halides is 2. The second-order valence-corrected chi connectivity index (χ2v) is 9.34. The van der Waals surface area contributed by atoms with Gasteiger partial charge in [-0.25, -0.2) is 26.3 Å². The van der Waals surface area contributed by atoms with Crippen molar-refractivity contribution < 1.29 is 60.7 Å². The maximum atomic E-state index is 14.8. The molecule has 2 heterocycles. The molecule has 1 aromatic heterocycles. The largest absolute Gasteiger partial charge is 1.00 e. The number of sulfonamides is 1. The Hall–Kier alpha value is -1.99. The van der Waals surface area contributed by atoms with Gasteiger partial charge in [0, 0.05) is 16.9 Å². The van der Waals surface area contributed by atoms with Gasteiger partial charge in [0.2, 0.25) is 0 Å². The zero-order valence-electron chi connectivity index (χ0n) is 17.7. The third kappa shape index (κ3) is 4.67. The van der Waals surface area contributed by atoms with E-state index >= 15 is 0 Å². The van der Waals surface area contributed by atoms with Gasteiger partial charge in [-0.05, 0) is 43.3 Å². The van der Waals surface area contributed by atoms with E-state index < -0.39 is 33.9 Å². The summed E-state index contributed by atoms with van der Waals surface area (Å²) in [4.78, 5) is 11.0.